The molecule has 1 aliphatic rings. The maximum atomic E-state index is 14.3. The van der Waals surface area contributed by atoms with E-state index in [2.05, 4.69) is 45.2 Å². The van der Waals surface area contributed by atoms with E-state index < -0.39 is 12.0 Å². The molecule has 0 fully saturated rings. The van der Waals surface area contributed by atoms with Crippen LogP contribution >= 0.6 is 79.7 Å². The van der Waals surface area contributed by atoms with E-state index in [1.165, 1.54) is 11.3 Å². The van der Waals surface area contributed by atoms with Gasteiger partial charge in [-0.2, -0.15) is 0 Å². The molecule has 7 nitrogen and oxygen atoms in total. The zero-order valence-electron chi connectivity index (χ0n) is 26.2. The summed E-state index contributed by atoms with van der Waals surface area (Å²) in [5.41, 5.74) is 3.70. The van der Waals surface area contributed by atoms with Gasteiger partial charge < -0.3 is 14.2 Å². The molecule has 0 unspecified atom stereocenters. The molecule has 6 rings (SSSR count). The van der Waals surface area contributed by atoms with Crippen LogP contribution in [-0.4, -0.2) is 23.8 Å². The first-order chi connectivity index (χ1) is 23.7. The summed E-state index contributed by atoms with van der Waals surface area (Å²) in [4.78, 5) is 33.5. The number of aromatic nitrogens is 1. The van der Waals surface area contributed by atoms with Crippen molar-refractivity contribution in [3.05, 3.63) is 150 Å². The second kappa shape index (κ2) is 15.8. The average Bonchev–Trinajstić information content (AvgIpc) is 3.40. The predicted molar refractivity (Wildman–Crippen MR) is 211 cm³/mol. The maximum absolute atomic E-state index is 14.3. The number of rotatable bonds is 10. The minimum atomic E-state index is -0.777. The standard InChI is InChI=1S/C37H28Cl2I2N2O5S/c1-3-46-25-13-11-24(12-14-25)33-31(36(45)47-4-2)32(23-8-6-5-7-9-23)42-37-43(33)35(44)30(49-37)19-22-17-28(40)34(29(41)18-22)48-20-21-10-15-26(38)27(39)16-21/h5-19,33H,3-4,20H2,1-2H3/b30-19-/t33-/m0/s1. The van der Waals surface area contributed by atoms with Crippen LogP contribution in [-0.2, 0) is 16.1 Å². The Bertz CT molecular complexity index is 2230. The van der Waals surface area contributed by atoms with Crippen molar-refractivity contribution in [2.75, 3.05) is 13.2 Å². The van der Waals surface area contributed by atoms with E-state index in [1.54, 1.807) is 23.6 Å². The molecule has 0 saturated carbocycles. The molecule has 5 aromatic rings. The highest BCUT2D eigenvalue weighted by atomic mass is 127. The lowest BCUT2D eigenvalue weighted by molar-refractivity contribution is -0.138. The number of esters is 1. The molecule has 0 spiro atoms. The molecule has 1 aromatic heterocycles. The molecule has 1 atom stereocenters. The van der Waals surface area contributed by atoms with Crippen LogP contribution in [0.1, 0.15) is 42.1 Å². The Morgan fingerprint density at radius 3 is 2.29 bits per heavy atom. The third kappa shape index (κ3) is 7.78. The molecule has 0 aliphatic carbocycles. The van der Waals surface area contributed by atoms with Gasteiger partial charge in [0.25, 0.3) is 5.56 Å². The van der Waals surface area contributed by atoms with Crippen molar-refractivity contribution in [2.24, 2.45) is 4.99 Å². The largest absolute Gasteiger partial charge is 0.494 e. The van der Waals surface area contributed by atoms with Gasteiger partial charge in [0.05, 0.1) is 52.2 Å². The van der Waals surface area contributed by atoms with Crippen LogP contribution in [0.25, 0.3) is 11.8 Å². The van der Waals surface area contributed by atoms with Gasteiger partial charge in [-0.1, -0.05) is 83.1 Å². The molecule has 1 aliphatic heterocycles. The second-order valence-electron chi connectivity index (χ2n) is 10.8. The van der Waals surface area contributed by atoms with Crippen LogP contribution < -0.4 is 24.4 Å². The Balaban J connectivity index is 1.46. The van der Waals surface area contributed by atoms with Crippen molar-refractivity contribution >= 4 is 97.5 Å². The number of thiazole rings is 1. The molecule has 49 heavy (non-hydrogen) atoms. The van der Waals surface area contributed by atoms with Crippen molar-refractivity contribution in [2.45, 2.75) is 26.5 Å². The summed E-state index contributed by atoms with van der Waals surface area (Å²) in [6.45, 7) is 4.69. The van der Waals surface area contributed by atoms with Gasteiger partial charge in [0.2, 0.25) is 0 Å². The number of carbonyl (C=O) groups excluding carboxylic acids is 1. The summed E-state index contributed by atoms with van der Waals surface area (Å²) in [6, 6.07) is 25.5. The molecule has 2 heterocycles. The summed E-state index contributed by atoms with van der Waals surface area (Å²) < 4.78 is 21.3. The highest BCUT2D eigenvalue weighted by Gasteiger charge is 2.35. The molecule has 250 valence electrons. The van der Waals surface area contributed by atoms with Gasteiger partial charge in [0.15, 0.2) is 4.80 Å². The first kappa shape index (κ1) is 35.6. The van der Waals surface area contributed by atoms with E-state index in [0.29, 0.717) is 49.6 Å². The summed E-state index contributed by atoms with van der Waals surface area (Å²) in [5, 5.41) is 0.961. The number of halogens is 4. The lowest BCUT2D eigenvalue weighted by Crippen LogP contribution is -2.40. The molecular weight excluding hydrogens is 909 g/mol. The number of carbonyl (C=O) groups is 1. The van der Waals surface area contributed by atoms with E-state index in [0.717, 1.165) is 35.1 Å². The Morgan fingerprint density at radius 2 is 1.63 bits per heavy atom. The van der Waals surface area contributed by atoms with Crippen molar-refractivity contribution in [3.63, 3.8) is 0 Å². The van der Waals surface area contributed by atoms with Gasteiger partial charge in [-0.25, -0.2) is 9.79 Å². The third-order valence-corrected chi connectivity index (χ3v) is 10.9. The van der Waals surface area contributed by atoms with Gasteiger partial charge in [-0.3, -0.25) is 9.36 Å². The molecule has 0 N–H and O–H groups in total. The third-order valence-electron chi connectivity index (χ3n) is 7.57. The minimum absolute atomic E-state index is 0.176. The van der Waals surface area contributed by atoms with Crippen molar-refractivity contribution < 1.29 is 19.0 Å². The van der Waals surface area contributed by atoms with Gasteiger partial charge in [0, 0.05) is 5.56 Å². The second-order valence-corrected chi connectivity index (χ2v) is 14.9. The Hall–Kier alpha value is -3.17. The van der Waals surface area contributed by atoms with Crippen molar-refractivity contribution in [3.8, 4) is 11.5 Å². The Morgan fingerprint density at radius 1 is 0.918 bits per heavy atom. The van der Waals surface area contributed by atoms with E-state index in [1.807, 2.05) is 85.8 Å². The number of hydrogen-bond donors (Lipinski definition) is 0. The van der Waals surface area contributed by atoms with Gasteiger partial charge in [-0.15, -0.1) is 0 Å². The van der Waals surface area contributed by atoms with Crippen LogP contribution in [0.2, 0.25) is 10.0 Å². The first-order valence-electron chi connectivity index (χ1n) is 15.3. The molecule has 0 radical (unpaired) electrons. The summed E-state index contributed by atoms with van der Waals surface area (Å²) in [7, 11) is 0. The quantitative estimate of drug-likeness (QED) is 0.104. The van der Waals surface area contributed by atoms with Crippen molar-refractivity contribution in [1.29, 1.82) is 0 Å². The van der Waals surface area contributed by atoms with Crippen LogP contribution in [0, 0.1) is 7.14 Å². The van der Waals surface area contributed by atoms with Crippen LogP contribution in [0.3, 0.4) is 0 Å². The summed E-state index contributed by atoms with van der Waals surface area (Å²) in [5.74, 6) is 0.893. The van der Waals surface area contributed by atoms with E-state index in [4.69, 9.17) is 42.4 Å². The molecule has 0 saturated heterocycles. The fourth-order valence-corrected chi connectivity index (χ4v) is 8.86. The van der Waals surface area contributed by atoms with Crippen LogP contribution in [0.5, 0.6) is 11.5 Å². The van der Waals surface area contributed by atoms with Crippen LogP contribution in [0.15, 0.2) is 100 Å². The van der Waals surface area contributed by atoms with Crippen molar-refractivity contribution in [1.82, 2.24) is 4.57 Å². The molecular formula is C37H28Cl2I2N2O5S. The number of nitrogens with zero attached hydrogens (tertiary/aromatic N) is 2. The summed E-state index contributed by atoms with van der Waals surface area (Å²) >= 11 is 18.0. The fourth-order valence-electron chi connectivity index (χ4n) is 5.41. The van der Waals surface area contributed by atoms with E-state index >= 15 is 0 Å². The SMILES string of the molecule is CCOC(=O)C1=C(c2ccccc2)N=c2s/c(=C\c3cc(I)c(OCc4ccc(Cl)c(Cl)c4)c(I)c3)c(=O)n2[C@H]1c1ccc(OCC)cc1. The van der Waals surface area contributed by atoms with Gasteiger partial charge in [-0.05, 0) is 118 Å². The Kier molecular flexibility index (Phi) is 11.5. The number of ether oxygens (including phenoxy) is 3. The monoisotopic (exact) mass is 936 g/mol. The maximum Gasteiger partial charge on any atom is 0.338 e. The number of hydrogen-bond acceptors (Lipinski definition) is 7. The van der Waals surface area contributed by atoms with Gasteiger partial charge in [0.1, 0.15) is 18.1 Å². The number of fused-ring (bicyclic) bond motifs is 1. The minimum Gasteiger partial charge on any atom is -0.494 e. The highest BCUT2D eigenvalue weighted by Crippen LogP contribution is 2.36. The van der Waals surface area contributed by atoms with E-state index in [-0.39, 0.29) is 12.2 Å². The lowest BCUT2D eigenvalue weighted by Gasteiger charge is -2.26. The Labute approximate surface area is 324 Å². The predicted octanol–water partition coefficient (Wildman–Crippen LogP) is 8.43. The fraction of sp³-hybridized carbons (Fsp3) is 0.162. The zero-order valence-corrected chi connectivity index (χ0v) is 32.9. The van der Waals surface area contributed by atoms with Gasteiger partial charge >= 0.3 is 5.97 Å². The smallest absolute Gasteiger partial charge is 0.338 e. The lowest BCUT2D eigenvalue weighted by atomic mass is 9.93. The topological polar surface area (TPSA) is 79.1 Å². The zero-order chi connectivity index (χ0) is 34.7. The molecule has 12 heteroatoms. The van der Waals surface area contributed by atoms with Crippen LogP contribution in [0.4, 0.5) is 0 Å². The molecule has 4 aromatic carbocycles. The number of benzene rings is 4. The first-order valence-corrected chi connectivity index (χ1v) is 19.0. The normalized spacial score (nSPS) is 14.3. The van der Waals surface area contributed by atoms with E-state index in [9.17, 15) is 9.59 Å². The molecule has 0 amide bonds. The highest BCUT2D eigenvalue weighted by molar-refractivity contribution is 14.1. The molecule has 0 bridgehead atoms. The average molecular weight is 937 g/mol. The summed E-state index contributed by atoms with van der Waals surface area (Å²) in [6.07, 6.45) is 1.85.